The van der Waals surface area contributed by atoms with Crippen molar-refractivity contribution in [1.29, 1.82) is 0 Å². The predicted octanol–water partition coefficient (Wildman–Crippen LogP) is 4.81. The lowest BCUT2D eigenvalue weighted by molar-refractivity contribution is -0.141. The van der Waals surface area contributed by atoms with Gasteiger partial charge in [-0.2, -0.15) is 13.2 Å². The van der Waals surface area contributed by atoms with Crippen molar-refractivity contribution in [2.45, 2.75) is 57.0 Å². The van der Waals surface area contributed by atoms with Gasteiger partial charge in [0.05, 0.1) is 11.2 Å². The minimum Gasteiger partial charge on any atom is -0.383 e. The van der Waals surface area contributed by atoms with E-state index in [-0.39, 0.29) is 24.4 Å². The molecule has 204 valence electrons. The Bertz CT molecular complexity index is 1450. The summed E-state index contributed by atoms with van der Waals surface area (Å²) < 4.78 is 40.8. The van der Waals surface area contributed by atoms with Crippen LogP contribution in [0.1, 0.15) is 41.9 Å². The van der Waals surface area contributed by atoms with Crippen LogP contribution < -0.4 is 10.6 Å². The topological polar surface area (TPSA) is 118 Å². The standard InChI is InChI=1S/C26H26F3N7O2S/c1-16-10-17(12-19(11-16)34-24-31-7-4-21(35-24)26(27,28)29)20-13-32-23(39-20)25(38)5-2-18(3-6-25)33-22(37)14-36-9-8-30-15-36/h4,7-13,15,18,38H,2-3,5-6,14H2,1H3,(H,33,37)(H,31,34,35)/t18-,25-. The highest BCUT2D eigenvalue weighted by Crippen LogP contribution is 2.41. The maximum absolute atomic E-state index is 13.0. The number of imidazole rings is 1. The van der Waals surface area contributed by atoms with Crippen LogP contribution in [-0.2, 0) is 23.1 Å². The van der Waals surface area contributed by atoms with E-state index in [2.05, 4.69) is 30.6 Å². The van der Waals surface area contributed by atoms with E-state index in [0.717, 1.165) is 28.3 Å². The molecular weight excluding hydrogens is 531 g/mol. The van der Waals surface area contributed by atoms with Gasteiger partial charge in [-0.05, 0) is 61.9 Å². The van der Waals surface area contributed by atoms with Gasteiger partial charge in [-0.25, -0.2) is 19.9 Å². The lowest BCUT2D eigenvalue weighted by Gasteiger charge is -2.34. The Morgan fingerprint density at radius 3 is 2.72 bits per heavy atom. The van der Waals surface area contributed by atoms with Crippen LogP contribution in [0, 0.1) is 6.92 Å². The van der Waals surface area contributed by atoms with E-state index in [9.17, 15) is 23.1 Å². The normalized spacial score (nSPS) is 19.6. The number of rotatable bonds is 7. The molecule has 13 heteroatoms. The van der Waals surface area contributed by atoms with Crippen LogP contribution in [0.15, 0.2) is 55.4 Å². The number of carbonyl (C=O) groups excluding carboxylic acids is 1. The Labute approximate surface area is 226 Å². The van der Waals surface area contributed by atoms with Crippen LogP contribution in [0.3, 0.4) is 0 Å². The van der Waals surface area contributed by atoms with Gasteiger partial charge in [0.15, 0.2) is 0 Å². The summed E-state index contributed by atoms with van der Waals surface area (Å²) in [4.78, 5) is 29.0. The van der Waals surface area contributed by atoms with Gasteiger partial charge in [-0.3, -0.25) is 4.79 Å². The van der Waals surface area contributed by atoms with Crippen molar-refractivity contribution in [1.82, 2.24) is 29.8 Å². The van der Waals surface area contributed by atoms with Gasteiger partial charge in [0.1, 0.15) is 22.8 Å². The van der Waals surface area contributed by atoms with Gasteiger partial charge in [-0.1, -0.05) is 6.07 Å². The lowest BCUT2D eigenvalue weighted by Crippen LogP contribution is -2.43. The molecule has 0 saturated heterocycles. The fourth-order valence-electron chi connectivity index (χ4n) is 4.60. The number of hydrogen-bond acceptors (Lipinski definition) is 8. The maximum Gasteiger partial charge on any atom is 0.433 e. The molecule has 0 atom stereocenters. The first-order valence-electron chi connectivity index (χ1n) is 12.3. The molecule has 4 aromatic rings. The summed E-state index contributed by atoms with van der Waals surface area (Å²) in [7, 11) is 0. The molecule has 39 heavy (non-hydrogen) atoms. The largest absolute Gasteiger partial charge is 0.433 e. The second-order valence-corrected chi connectivity index (χ2v) is 10.6. The van der Waals surface area contributed by atoms with E-state index >= 15 is 0 Å². The maximum atomic E-state index is 13.0. The number of nitrogens with one attached hydrogen (secondary N) is 2. The van der Waals surface area contributed by atoms with Crippen molar-refractivity contribution in [2.75, 3.05) is 5.32 Å². The summed E-state index contributed by atoms with van der Waals surface area (Å²) in [5.74, 6) is -0.256. The van der Waals surface area contributed by atoms with Crippen molar-refractivity contribution in [3.8, 4) is 10.4 Å². The van der Waals surface area contributed by atoms with Crippen molar-refractivity contribution in [3.05, 3.63) is 71.6 Å². The van der Waals surface area contributed by atoms with Gasteiger partial charge in [0.2, 0.25) is 11.9 Å². The lowest BCUT2D eigenvalue weighted by atomic mass is 9.82. The van der Waals surface area contributed by atoms with Crippen LogP contribution in [-0.4, -0.2) is 41.6 Å². The summed E-state index contributed by atoms with van der Waals surface area (Å²) in [5, 5.41) is 17.8. The highest BCUT2D eigenvalue weighted by molar-refractivity contribution is 7.15. The van der Waals surface area contributed by atoms with Crippen LogP contribution in [0.25, 0.3) is 10.4 Å². The number of hydrogen-bond donors (Lipinski definition) is 3. The summed E-state index contributed by atoms with van der Waals surface area (Å²) in [5.41, 5.74) is 0.0936. The molecule has 9 nitrogen and oxygen atoms in total. The van der Waals surface area contributed by atoms with E-state index in [1.54, 1.807) is 41.6 Å². The van der Waals surface area contributed by atoms with Crippen molar-refractivity contribution in [2.24, 2.45) is 0 Å². The molecule has 0 aliphatic heterocycles. The number of aromatic nitrogens is 5. The van der Waals surface area contributed by atoms with E-state index < -0.39 is 17.5 Å². The molecule has 3 N–H and O–H groups in total. The zero-order valence-electron chi connectivity index (χ0n) is 20.9. The molecule has 1 aliphatic rings. The monoisotopic (exact) mass is 557 g/mol. The predicted molar refractivity (Wildman–Crippen MR) is 139 cm³/mol. The van der Waals surface area contributed by atoms with E-state index in [0.29, 0.717) is 36.4 Å². The number of halogens is 3. The number of aryl methyl sites for hydroxylation is 1. The molecule has 0 bridgehead atoms. The second kappa shape index (κ2) is 10.7. The average Bonchev–Trinajstić information content (AvgIpc) is 3.58. The Morgan fingerprint density at radius 2 is 2.00 bits per heavy atom. The molecule has 1 saturated carbocycles. The zero-order chi connectivity index (χ0) is 27.6. The summed E-state index contributed by atoms with van der Waals surface area (Å²) in [6, 6.07) is 6.30. The summed E-state index contributed by atoms with van der Waals surface area (Å²) in [6.45, 7) is 2.07. The average molecular weight is 558 g/mol. The van der Waals surface area contributed by atoms with Crippen LogP contribution in [0.2, 0.25) is 0 Å². The minimum atomic E-state index is -4.57. The quantitative estimate of drug-likeness (QED) is 0.298. The minimum absolute atomic E-state index is 0.0239. The summed E-state index contributed by atoms with van der Waals surface area (Å²) >= 11 is 1.37. The van der Waals surface area contributed by atoms with Crippen molar-refractivity contribution < 1.29 is 23.1 Å². The number of alkyl halides is 3. The SMILES string of the molecule is Cc1cc(Nc2nccc(C(F)(F)F)n2)cc(-c2cnc([C@]3(O)CC[C@H](NC(=O)Cn4ccnc4)CC3)s2)c1. The van der Waals surface area contributed by atoms with E-state index in [4.69, 9.17) is 0 Å². The van der Waals surface area contributed by atoms with Crippen molar-refractivity contribution in [3.63, 3.8) is 0 Å². The first-order chi connectivity index (χ1) is 18.6. The Hall–Kier alpha value is -3.84. The second-order valence-electron chi connectivity index (χ2n) is 9.61. The van der Waals surface area contributed by atoms with E-state index in [1.165, 1.54) is 11.3 Å². The molecule has 0 radical (unpaired) electrons. The Morgan fingerprint density at radius 1 is 1.21 bits per heavy atom. The first kappa shape index (κ1) is 26.8. The van der Waals surface area contributed by atoms with Crippen LogP contribution in [0.4, 0.5) is 24.8 Å². The first-order valence-corrected chi connectivity index (χ1v) is 13.1. The number of amides is 1. The zero-order valence-corrected chi connectivity index (χ0v) is 21.8. The number of carbonyl (C=O) groups is 1. The highest BCUT2D eigenvalue weighted by atomic mass is 32.1. The number of thiazole rings is 1. The van der Waals surface area contributed by atoms with Gasteiger partial charge in [-0.15, -0.1) is 11.3 Å². The molecular formula is C26H26F3N7O2S. The number of benzene rings is 1. The Balaban J connectivity index is 1.25. The Kier molecular flexibility index (Phi) is 7.36. The van der Waals surface area contributed by atoms with Gasteiger partial charge < -0.3 is 20.3 Å². The number of aliphatic hydroxyl groups is 1. The van der Waals surface area contributed by atoms with Gasteiger partial charge in [0.25, 0.3) is 0 Å². The molecule has 1 aliphatic carbocycles. The third kappa shape index (κ3) is 6.42. The molecule has 1 fully saturated rings. The molecule has 3 aromatic heterocycles. The fraction of sp³-hybridized carbons (Fsp3) is 0.346. The molecule has 3 heterocycles. The molecule has 1 aromatic carbocycles. The molecule has 5 rings (SSSR count). The van der Waals surface area contributed by atoms with E-state index in [1.807, 2.05) is 13.0 Å². The number of anilines is 2. The molecule has 1 amide bonds. The number of nitrogens with zero attached hydrogens (tertiary/aromatic N) is 5. The molecule has 0 spiro atoms. The van der Waals surface area contributed by atoms with Crippen LogP contribution in [0.5, 0.6) is 0 Å². The van der Waals surface area contributed by atoms with Crippen molar-refractivity contribution >= 4 is 28.9 Å². The van der Waals surface area contributed by atoms with Gasteiger partial charge in [0, 0.05) is 36.5 Å². The third-order valence-electron chi connectivity index (χ3n) is 6.53. The smallest absolute Gasteiger partial charge is 0.383 e. The molecule has 0 unspecified atom stereocenters. The summed E-state index contributed by atoms with van der Waals surface area (Å²) in [6.07, 6.45) is 5.29. The fourth-order valence-corrected chi connectivity index (χ4v) is 5.65. The highest BCUT2D eigenvalue weighted by Gasteiger charge is 2.38. The third-order valence-corrected chi connectivity index (χ3v) is 7.77. The van der Waals surface area contributed by atoms with Gasteiger partial charge >= 0.3 is 6.18 Å². The van der Waals surface area contributed by atoms with Crippen LogP contribution >= 0.6 is 11.3 Å².